The molecule has 0 radical (unpaired) electrons. The SMILES string of the molecule is CN1CCC(C(=O)N2CCN(CCS)CC2)C1. The Kier molecular flexibility index (Phi) is 4.70. The van der Waals surface area contributed by atoms with E-state index in [0.717, 1.165) is 58.0 Å². The minimum atomic E-state index is 0.247. The van der Waals surface area contributed by atoms with Crippen molar-refractivity contribution in [3.8, 4) is 0 Å². The first-order valence-corrected chi connectivity index (χ1v) is 7.14. The van der Waals surface area contributed by atoms with Crippen molar-refractivity contribution in [2.24, 2.45) is 5.92 Å². The van der Waals surface area contributed by atoms with Crippen LogP contribution in [0.1, 0.15) is 6.42 Å². The Labute approximate surface area is 109 Å². The molecule has 2 saturated heterocycles. The van der Waals surface area contributed by atoms with Crippen molar-refractivity contribution in [1.29, 1.82) is 0 Å². The van der Waals surface area contributed by atoms with Crippen LogP contribution in [-0.4, -0.2) is 79.2 Å². The van der Waals surface area contributed by atoms with E-state index in [4.69, 9.17) is 0 Å². The summed E-state index contributed by atoms with van der Waals surface area (Å²) in [5.41, 5.74) is 0. The third-order valence-corrected chi connectivity index (χ3v) is 4.04. The second-order valence-corrected chi connectivity index (χ2v) is 5.59. The molecule has 2 heterocycles. The first-order chi connectivity index (χ1) is 8.20. The summed E-state index contributed by atoms with van der Waals surface area (Å²) in [5, 5.41) is 0. The van der Waals surface area contributed by atoms with Gasteiger partial charge in [0.25, 0.3) is 0 Å². The molecule has 2 fully saturated rings. The Morgan fingerprint density at radius 1 is 1.24 bits per heavy atom. The van der Waals surface area contributed by atoms with Crippen LogP contribution in [0, 0.1) is 5.92 Å². The molecule has 0 aromatic carbocycles. The summed E-state index contributed by atoms with van der Waals surface area (Å²) in [4.78, 5) is 19.0. The van der Waals surface area contributed by atoms with Gasteiger partial charge in [0.15, 0.2) is 0 Å². The zero-order chi connectivity index (χ0) is 12.3. The molecule has 4 nitrogen and oxygen atoms in total. The molecule has 0 aliphatic carbocycles. The summed E-state index contributed by atoms with van der Waals surface area (Å²) >= 11 is 4.25. The van der Waals surface area contributed by atoms with E-state index in [9.17, 15) is 4.79 Å². The van der Waals surface area contributed by atoms with Crippen LogP contribution >= 0.6 is 12.6 Å². The molecule has 2 aliphatic rings. The van der Waals surface area contributed by atoms with Gasteiger partial charge in [-0.25, -0.2) is 0 Å². The van der Waals surface area contributed by atoms with Crippen LogP contribution in [0.3, 0.4) is 0 Å². The van der Waals surface area contributed by atoms with Crippen molar-refractivity contribution < 1.29 is 4.79 Å². The third-order valence-electron chi connectivity index (χ3n) is 3.84. The fraction of sp³-hybridized carbons (Fsp3) is 0.917. The summed E-state index contributed by atoms with van der Waals surface area (Å²) in [6.45, 7) is 6.85. The van der Waals surface area contributed by atoms with Crippen LogP contribution in [0.15, 0.2) is 0 Å². The number of hydrogen-bond acceptors (Lipinski definition) is 4. The average molecular weight is 257 g/mol. The molecule has 0 spiro atoms. The highest BCUT2D eigenvalue weighted by atomic mass is 32.1. The molecule has 0 aromatic rings. The molecule has 5 heteroatoms. The minimum absolute atomic E-state index is 0.247. The Balaban J connectivity index is 1.78. The molecule has 2 rings (SSSR count). The fourth-order valence-electron chi connectivity index (χ4n) is 2.73. The summed E-state index contributed by atoms with van der Waals surface area (Å²) in [6, 6.07) is 0. The van der Waals surface area contributed by atoms with Gasteiger partial charge < -0.3 is 9.80 Å². The van der Waals surface area contributed by atoms with Gasteiger partial charge in [0, 0.05) is 45.0 Å². The number of rotatable bonds is 3. The quantitative estimate of drug-likeness (QED) is 0.722. The van der Waals surface area contributed by atoms with E-state index in [1.807, 2.05) is 0 Å². The van der Waals surface area contributed by atoms with E-state index in [2.05, 4.69) is 34.4 Å². The zero-order valence-electron chi connectivity index (χ0n) is 10.6. The van der Waals surface area contributed by atoms with Gasteiger partial charge in [0.2, 0.25) is 5.91 Å². The van der Waals surface area contributed by atoms with E-state index in [1.165, 1.54) is 0 Å². The monoisotopic (exact) mass is 257 g/mol. The van der Waals surface area contributed by atoms with E-state index >= 15 is 0 Å². The van der Waals surface area contributed by atoms with Crippen LogP contribution in [0.5, 0.6) is 0 Å². The second-order valence-electron chi connectivity index (χ2n) is 5.14. The number of carbonyl (C=O) groups excluding carboxylic acids is 1. The van der Waals surface area contributed by atoms with Crippen molar-refractivity contribution in [1.82, 2.24) is 14.7 Å². The first-order valence-electron chi connectivity index (χ1n) is 6.51. The summed E-state index contributed by atoms with van der Waals surface area (Å²) < 4.78 is 0. The standard InChI is InChI=1S/C12H23N3OS/c1-13-3-2-11(10-13)12(16)15-6-4-14(5-7-15)8-9-17/h11,17H,2-10H2,1H3. The van der Waals surface area contributed by atoms with Crippen LogP contribution in [-0.2, 0) is 4.79 Å². The van der Waals surface area contributed by atoms with E-state index in [1.54, 1.807) is 0 Å². The first kappa shape index (κ1) is 13.2. The highest BCUT2D eigenvalue weighted by Crippen LogP contribution is 2.18. The summed E-state index contributed by atoms with van der Waals surface area (Å²) in [6.07, 6.45) is 1.03. The van der Waals surface area contributed by atoms with Gasteiger partial charge in [-0.2, -0.15) is 12.6 Å². The molecule has 0 N–H and O–H groups in total. The lowest BCUT2D eigenvalue weighted by Crippen LogP contribution is -2.50. The number of carbonyl (C=O) groups is 1. The number of amides is 1. The number of likely N-dealkylation sites (tertiary alicyclic amines) is 1. The second kappa shape index (κ2) is 6.07. The lowest BCUT2D eigenvalue weighted by atomic mass is 10.1. The van der Waals surface area contributed by atoms with Gasteiger partial charge in [0.05, 0.1) is 5.92 Å². The van der Waals surface area contributed by atoms with Crippen LogP contribution in [0.4, 0.5) is 0 Å². The molecule has 0 saturated carbocycles. The Bertz CT molecular complexity index is 266. The van der Waals surface area contributed by atoms with E-state index in [0.29, 0.717) is 5.91 Å². The maximum atomic E-state index is 12.3. The molecule has 1 atom stereocenters. The molecule has 2 aliphatic heterocycles. The largest absolute Gasteiger partial charge is 0.340 e. The maximum Gasteiger partial charge on any atom is 0.227 e. The molecule has 0 bridgehead atoms. The van der Waals surface area contributed by atoms with Crippen LogP contribution < -0.4 is 0 Å². The predicted molar refractivity (Wildman–Crippen MR) is 72.5 cm³/mol. The topological polar surface area (TPSA) is 26.8 Å². The van der Waals surface area contributed by atoms with E-state index in [-0.39, 0.29) is 5.92 Å². The van der Waals surface area contributed by atoms with Crippen molar-refractivity contribution in [3.63, 3.8) is 0 Å². The van der Waals surface area contributed by atoms with Crippen molar-refractivity contribution >= 4 is 18.5 Å². The van der Waals surface area contributed by atoms with Crippen LogP contribution in [0.25, 0.3) is 0 Å². The number of hydrogen-bond donors (Lipinski definition) is 1. The Hall–Kier alpha value is -0.260. The third kappa shape index (κ3) is 3.36. The van der Waals surface area contributed by atoms with Crippen LogP contribution in [0.2, 0.25) is 0 Å². The Morgan fingerprint density at radius 3 is 2.47 bits per heavy atom. The minimum Gasteiger partial charge on any atom is -0.340 e. The lowest BCUT2D eigenvalue weighted by molar-refractivity contribution is -0.136. The highest BCUT2D eigenvalue weighted by Gasteiger charge is 2.31. The smallest absolute Gasteiger partial charge is 0.227 e. The lowest BCUT2D eigenvalue weighted by Gasteiger charge is -2.35. The molecule has 0 aromatic heterocycles. The maximum absolute atomic E-state index is 12.3. The van der Waals surface area contributed by atoms with Gasteiger partial charge in [-0.3, -0.25) is 9.69 Å². The average Bonchev–Trinajstić information content (AvgIpc) is 2.76. The highest BCUT2D eigenvalue weighted by molar-refractivity contribution is 7.80. The molecule has 98 valence electrons. The zero-order valence-corrected chi connectivity index (χ0v) is 11.5. The summed E-state index contributed by atoms with van der Waals surface area (Å²) in [7, 11) is 2.10. The molecule has 1 amide bonds. The molecule has 17 heavy (non-hydrogen) atoms. The van der Waals surface area contributed by atoms with Crippen molar-refractivity contribution in [3.05, 3.63) is 0 Å². The number of nitrogens with zero attached hydrogens (tertiary/aromatic N) is 3. The van der Waals surface area contributed by atoms with Gasteiger partial charge in [-0.1, -0.05) is 0 Å². The normalized spacial score (nSPS) is 27.6. The van der Waals surface area contributed by atoms with Crippen molar-refractivity contribution in [2.45, 2.75) is 6.42 Å². The molecule has 1 unspecified atom stereocenters. The van der Waals surface area contributed by atoms with Gasteiger partial charge >= 0.3 is 0 Å². The summed E-state index contributed by atoms with van der Waals surface area (Å²) in [5.74, 6) is 1.53. The van der Waals surface area contributed by atoms with Crippen molar-refractivity contribution in [2.75, 3.05) is 58.6 Å². The fourth-order valence-corrected chi connectivity index (χ4v) is 3.01. The Morgan fingerprint density at radius 2 is 1.94 bits per heavy atom. The molecular weight excluding hydrogens is 234 g/mol. The van der Waals surface area contributed by atoms with Gasteiger partial charge in [-0.15, -0.1) is 0 Å². The van der Waals surface area contributed by atoms with Gasteiger partial charge in [0.1, 0.15) is 0 Å². The number of thiol groups is 1. The van der Waals surface area contributed by atoms with E-state index < -0.39 is 0 Å². The predicted octanol–water partition coefficient (Wildman–Crippen LogP) is 0.0121. The number of piperazine rings is 1. The molecular formula is C12H23N3OS. The van der Waals surface area contributed by atoms with Gasteiger partial charge in [-0.05, 0) is 20.0 Å².